The van der Waals surface area contributed by atoms with E-state index in [0.717, 1.165) is 17.7 Å². The Morgan fingerprint density at radius 3 is 2.75 bits per heavy atom. The van der Waals surface area contributed by atoms with E-state index in [1.165, 1.54) is 0 Å². The van der Waals surface area contributed by atoms with Gasteiger partial charge in [0, 0.05) is 12.7 Å². The highest BCUT2D eigenvalue weighted by molar-refractivity contribution is 5.95. The summed E-state index contributed by atoms with van der Waals surface area (Å²) < 4.78 is 6.74. The molecule has 0 radical (unpaired) electrons. The predicted molar refractivity (Wildman–Crippen MR) is 86.7 cm³/mol. The second-order valence-electron chi connectivity index (χ2n) is 5.36. The molecular formula is C16H18N6O2. The van der Waals surface area contributed by atoms with E-state index >= 15 is 0 Å². The molecule has 1 N–H and O–H groups in total. The Balaban J connectivity index is 1.84. The molecule has 0 bridgehead atoms. The van der Waals surface area contributed by atoms with Crippen LogP contribution in [0.3, 0.4) is 0 Å². The van der Waals surface area contributed by atoms with E-state index < -0.39 is 0 Å². The second kappa shape index (κ2) is 6.61. The third-order valence-electron chi connectivity index (χ3n) is 3.53. The molecule has 124 valence electrons. The summed E-state index contributed by atoms with van der Waals surface area (Å²) in [6.45, 7) is 6.24. The van der Waals surface area contributed by atoms with Crippen LogP contribution < -0.4 is 5.32 Å². The van der Waals surface area contributed by atoms with Crippen molar-refractivity contribution in [2.45, 2.75) is 27.2 Å². The fraction of sp³-hybridized carbons (Fsp3) is 0.312. The van der Waals surface area contributed by atoms with Crippen molar-refractivity contribution in [1.82, 2.24) is 30.2 Å². The van der Waals surface area contributed by atoms with Crippen molar-refractivity contribution in [1.29, 1.82) is 0 Å². The fourth-order valence-electron chi connectivity index (χ4n) is 2.25. The summed E-state index contributed by atoms with van der Waals surface area (Å²) in [5, 5.41) is 10.9. The van der Waals surface area contributed by atoms with Gasteiger partial charge in [0.1, 0.15) is 0 Å². The molecule has 24 heavy (non-hydrogen) atoms. The highest BCUT2D eigenvalue weighted by Crippen LogP contribution is 2.18. The average Bonchev–Trinajstić information content (AvgIpc) is 3.19. The Kier molecular flexibility index (Phi) is 4.37. The molecule has 0 aliphatic rings. The lowest BCUT2D eigenvalue weighted by Gasteiger charge is -2.05. The van der Waals surface area contributed by atoms with Crippen LogP contribution in [0.2, 0.25) is 0 Å². The Bertz CT molecular complexity index is 850. The van der Waals surface area contributed by atoms with E-state index in [-0.39, 0.29) is 5.91 Å². The van der Waals surface area contributed by atoms with E-state index in [1.807, 2.05) is 19.9 Å². The minimum atomic E-state index is -0.126. The number of carbonyl (C=O) groups is 1. The summed E-state index contributed by atoms with van der Waals surface area (Å²) in [5.41, 5.74) is 2.00. The number of amides is 1. The lowest BCUT2D eigenvalue weighted by molar-refractivity contribution is 0.0953. The maximum Gasteiger partial charge on any atom is 0.259 e. The Labute approximate surface area is 138 Å². The van der Waals surface area contributed by atoms with E-state index in [2.05, 4.69) is 25.5 Å². The molecule has 0 aromatic carbocycles. The van der Waals surface area contributed by atoms with Crippen LogP contribution in [0.1, 0.15) is 35.2 Å². The number of nitrogens with zero attached hydrogens (tertiary/aromatic N) is 5. The number of hydrogen-bond acceptors (Lipinski definition) is 6. The average molecular weight is 326 g/mol. The monoisotopic (exact) mass is 326 g/mol. The Morgan fingerprint density at radius 1 is 1.29 bits per heavy atom. The largest absolute Gasteiger partial charge is 0.352 e. The highest BCUT2D eigenvalue weighted by atomic mass is 16.5. The van der Waals surface area contributed by atoms with Crippen LogP contribution in [-0.2, 0) is 0 Å². The summed E-state index contributed by atoms with van der Waals surface area (Å²) in [6.07, 6.45) is 4.08. The molecule has 0 saturated carbocycles. The number of aryl methyl sites for hydroxylation is 1. The van der Waals surface area contributed by atoms with Crippen LogP contribution in [0.4, 0.5) is 0 Å². The molecular weight excluding hydrogens is 308 g/mol. The fourth-order valence-corrected chi connectivity index (χ4v) is 2.25. The molecule has 3 aromatic heterocycles. The molecule has 0 atom stereocenters. The van der Waals surface area contributed by atoms with Gasteiger partial charge in [-0.25, -0.2) is 9.67 Å². The summed E-state index contributed by atoms with van der Waals surface area (Å²) in [6, 6.07) is 3.62. The predicted octanol–water partition coefficient (Wildman–Crippen LogP) is 2.07. The number of nitrogens with one attached hydrogen (secondary N) is 1. The molecule has 0 unspecified atom stereocenters. The number of aromatic nitrogens is 5. The van der Waals surface area contributed by atoms with Crippen molar-refractivity contribution in [2.75, 3.05) is 6.54 Å². The van der Waals surface area contributed by atoms with Gasteiger partial charge in [-0.05, 0) is 32.4 Å². The van der Waals surface area contributed by atoms with E-state index in [0.29, 0.717) is 29.6 Å². The number of pyridine rings is 1. The molecule has 0 spiro atoms. The topological polar surface area (TPSA) is 98.7 Å². The first-order valence-electron chi connectivity index (χ1n) is 7.70. The van der Waals surface area contributed by atoms with Gasteiger partial charge in [-0.2, -0.15) is 10.1 Å². The van der Waals surface area contributed by atoms with Crippen molar-refractivity contribution < 1.29 is 9.32 Å². The van der Waals surface area contributed by atoms with Gasteiger partial charge in [0.25, 0.3) is 11.8 Å². The molecule has 1 amide bonds. The molecule has 0 aliphatic carbocycles. The van der Waals surface area contributed by atoms with Gasteiger partial charge < -0.3 is 9.84 Å². The summed E-state index contributed by atoms with van der Waals surface area (Å²) >= 11 is 0. The van der Waals surface area contributed by atoms with Crippen molar-refractivity contribution in [2.24, 2.45) is 0 Å². The summed E-state index contributed by atoms with van der Waals surface area (Å²) in [5.74, 6) is 1.48. The zero-order valence-corrected chi connectivity index (χ0v) is 13.8. The van der Waals surface area contributed by atoms with Gasteiger partial charge >= 0.3 is 0 Å². The van der Waals surface area contributed by atoms with Gasteiger partial charge in [-0.1, -0.05) is 12.1 Å². The molecule has 3 rings (SSSR count). The van der Waals surface area contributed by atoms with Gasteiger partial charge in [0.05, 0.1) is 23.0 Å². The zero-order chi connectivity index (χ0) is 17.1. The van der Waals surface area contributed by atoms with Gasteiger partial charge in [0.2, 0.25) is 0 Å². The Hall–Kier alpha value is -3.03. The first-order chi connectivity index (χ1) is 11.6. The molecule has 8 heteroatoms. The molecule has 0 fully saturated rings. The van der Waals surface area contributed by atoms with Crippen molar-refractivity contribution in [3.8, 4) is 17.3 Å². The second-order valence-corrected chi connectivity index (χ2v) is 5.36. The normalized spacial score (nSPS) is 10.8. The van der Waals surface area contributed by atoms with Crippen LogP contribution >= 0.6 is 0 Å². The van der Waals surface area contributed by atoms with Crippen molar-refractivity contribution in [3.05, 3.63) is 41.6 Å². The molecule has 0 aliphatic heterocycles. The minimum Gasteiger partial charge on any atom is -0.352 e. The van der Waals surface area contributed by atoms with Crippen LogP contribution in [0.5, 0.6) is 0 Å². The van der Waals surface area contributed by atoms with Gasteiger partial charge in [-0.15, -0.1) is 0 Å². The summed E-state index contributed by atoms with van der Waals surface area (Å²) in [4.78, 5) is 20.6. The summed E-state index contributed by atoms with van der Waals surface area (Å²) in [7, 11) is 0. The van der Waals surface area contributed by atoms with E-state index in [1.54, 1.807) is 30.1 Å². The number of hydrogen-bond donors (Lipinski definition) is 1. The first-order valence-corrected chi connectivity index (χ1v) is 7.70. The van der Waals surface area contributed by atoms with Crippen LogP contribution in [0.15, 0.2) is 29.0 Å². The third-order valence-corrected chi connectivity index (χ3v) is 3.53. The number of carbonyl (C=O) groups excluding carboxylic acids is 1. The molecule has 3 heterocycles. The van der Waals surface area contributed by atoms with E-state index in [4.69, 9.17) is 4.52 Å². The molecule has 0 saturated heterocycles. The van der Waals surface area contributed by atoms with Crippen LogP contribution in [-0.4, -0.2) is 37.4 Å². The maximum absolute atomic E-state index is 12.1. The SMILES string of the molecule is CCCNC(=O)c1cnn(-c2ccc(-c3nc(C)no3)cn2)c1C. The van der Waals surface area contributed by atoms with Crippen molar-refractivity contribution >= 4 is 5.91 Å². The van der Waals surface area contributed by atoms with Gasteiger partial charge in [-0.3, -0.25) is 4.79 Å². The zero-order valence-electron chi connectivity index (χ0n) is 13.8. The Morgan fingerprint density at radius 2 is 2.12 bits per heavy atom. The maximum atomic E-state index is 12.1. The quantitative estimate of drug-likeness (QED) is 0.770. The van der Waals surface area contributed by atoms with Crippen LogP contribution in [0.25, 0.3) is 17.3 Å². The van der Waals surface area contributed by atoms with Crippen molar-refractivity contribution in [3.63, 3.8) is 0 Å². The minimum absolute atomic E-state index is 0.126. The third kappa shape index (κ3) is 3.03. The van der Waals surface area contributed by atoms with E-state index in [9.17, 15) is 4.79 Å². The first kappa shape index (κ1) is 15.9. The lowest BCUT2D eigenvalue weighted by atomic mass is 10.2. The van der Waals surface area contributed by atoms with Crippen LogP contribution in [0, 0.1) is 13.8 Å². The standard InChI is InChI=1S/C16H18N6O2/c1-4-7-17-15(23)13-9-19-22(10(13)2)14-6-5-12(8-18-14)16-20-11(3)21-24-16/h5-6,8-9H,4,7H2,1-3H3,(H,17,23). The molecule has 3 aromatic rings. The number of rotatable bonds is 5. The molecule has 8 nitrogen and oxygen atoms in total. The lowest BCUT2D eigenvalue weighted by Crippen LogP contribution is -2.24. The smallest absolute Gasteiger partial charge is 0.259 e. The van der Waals surface area contributed by atoms with Gasteiger partial charge in [0.15, 0.2) is 11.6 Å². The highest BCUT2D eigenvalue weighted by Gasteiger charge is 2.15.